The summed E-state index contributed by atoms with van der Waals surface area (Å²) in [4.78, 5) is 17.4. The van der Waals surface area contributed by atoms with Crippen LogP contribution in [0, 0.1) is 5.92 Å². The van der Waals surface area contributed by atoms with Gasteiger partial charge < -0.3 is 10.6 Å². The van der Waals surface area contributed by atoms with Gasteiger partial charge in [0.15, 0.2) is 0 Å². The molecule has 2 aromatic rings. The van der Waals surface area contributed by atoms with Crippen molar-refractivity contribution in [3.8, 4) is 0 Å². The summed E-state index contributed by atoms with van der Waals surface area (Å²) in [6, 6.07) is 8.20. The number of carbonyl (C=O) groups is 1. The highest BCUT2D eigenvalue weighted by molar-refractivity contribution is 7.18. The number of carbonyl (C=O) groups excluding carboxylic acids is 1. The summed E-state index contributed by atoms with van der Waals surface area (Å²) >= 11 is 1.72. The minimum absolute atomic E-state index is 0.0123. The Bertz CT molecular complexity index is 676. The second kappa shape index (κ2) is 8.40. The van der Waals surface area contributed by atoms with Crippen LogP contribution in [0.4, 0.5) is 0 Å². The molecule has 0 saturated carbocycles. The number of thiazole rings is 1. The molecule has 0 bridgehead atoms. The van der Waals surface area contributed by atoms with Crippen molar-refractivity contribution in [2.24, 2.45) is 5.92 Å². The number of amides is 1. The molecule has 1 aromatic heterocycles. The van der Waals surface area contributed by atoms with Crippen molar-refractivity contribution in [3.05, 3.63) is 41.4 Å². The Labute approximate surface area is 147 Å². The summed E-state index contributed by atoms with van der Waals surface area (Å²) in [5.74, 6) is 0.333. The predicted octanol–water partition coefficient (Wildman–Crippen LogP) is 3.46. The third-order valence-electron chi connectivity index (χ3n) is 4.42. The number of nitrogens with zero attached hydrogens (tertiary/aromatic N) is 1. The van der Waals surface area contributed by atoms with Gasteiger partial charge >= 0.3 is 0 Å². The number of aromatic nitrogens is 1. The summed E-state index contributed by atoms with van der Waals surface area (Å²) in [6.07, 6.45) is 7.12. The first kappa shape index (κ1) is 17.1. The summed E-state index contributed by atoms with van der Waals surface area (Å²) < 4.78 is 1.20. The standard InChI is InChI=1S/C19H25N3OS/c1-2-11-20-12-13-21-18(23)14-7-3-4-8-15(14)19-22-16-9-5-6-10-17(16)24-19/h3-6,9-10,14-15,20H,2,7-8,11-13H2,1H3,(H,21,23). The molecule has 0 aliphatic heterocycles. The van der Waals surface area contributed by atoms with Crippen LogP contribution >= 0.6 is 11.3 Å². The van der Waals surface area contributed by atoms with Crippen LogP contribution in [0.2, 0.25) is 0 Å². The first-order valence-corrected chi connectivity index (χ1v) is 9.60. The normalized spacial score (nSPS) is 20.4. The molecule has 0 fully saturated rings. The third kappa shape index (κ3) is 4.02. The van der Waals surface area contributed by atoms with Gasteiger partial charge in [-0.05, 0) is 37.9 Å². The van der Waals surface area contributed by atoms with E-state index in [4.69, 9.17) is 4.98 Å². The van der Waals surface area contributed by atoms with Gasteiger partial charge in [-0.2, -0.15) is 0 Å². The van der Waals surface area contributed by atoms with E-state index in [1.54, 1.807) is 11.3 Å². The lowest BCUT2D eigenvalue weighted by Gasteiger charge is -2.26. The van der Waals surface area contributed by atoms with Crippen molar-refractivity contribution in [1.29, 1.82) is 0 Å². The molecule has 3 rings (SSSR count). The third-order valence-corrected chi connectivity index (χ3v) is 5.59. The Kier molecular flexibility index (Phi) is 5.99. The maximum absolute atomic E-state index is 12.6. The zero-order valence-corrected chi connectivity index (χ0v) is 14.9. The minimum atomic E-state index is -0.0123. The smallest absolute Gasteiger partial charge is 0.224 e. The fraction of sp³-hybridized carbons (Fsp3) is 0.474. The molecule has 1 aromatic carbocycles. The summed E-state index contributed by atoms with van der Waals surface area (Å²) in [6.45, 7) is 4.65. The van der Waals surface area contributed by atoms with Crippen LogP contribution in [-0.4, -0.2) is 30.5 Å². The van der Waals surface area contributed by atoms with Crippen LogP contribution in [0.3, 0.4) is 0 Å². The zero-order chi connectivity index (χ0) is 16.8. The molecule has 2 N–H and O–H groups in total. The van der Waals surface area contributed by atoms with E-state index in [9.17, 15) is 4.79 Å². The molecule has 24 heavy (non-hydrogen) atoms. The molecule has 0 spiro atoms. The highest BCUT2D eigenvalue weighted by Gasteiger charge is 2.32. The van der Waals surface area contributed by atoms with Crippen molar-refractivity contribution in [2.75, 3.05) is 19.6 Å². The lowest BCUT2D eigenvalue weighted by Crippen LogP contribution is -2.38. The number of nitrogens with one attached hydrogen (secondary N) is 2. The topological polar surface area (TPSA) is 54.0 Å². The quantitative estimate of drug-likeness (QED) is 0.598. The molecule has 0 saturated heterocycles. The molecular formula is C19H25N3OS. The van der Waals surface area contributed by atoms with Gasteiger partial charge in [-0.3, -0.25) is 4.79 Å². The molecule has 128 valence electrons. The Morgan fingerprint density at radius 2 is 2.04 bits per heavy atom. The number of hydrogen-bond acceptors (Lipinski definition) is 4. The minimum Gasteiger partial charge on any atom is -0.355 e. The van der Waals surface area contributed by atoms with Crippen molar-refractivity contribution in [3.63, 3.8) is 0 Å². The first-order valence-electron chi connectivity index (χ1n) is 8.78. The van der Waals surface area contributed by atoms with Crippen LogP contribution in [0.1, 0.15) is 37.1 Å². The predicted molar refractivity (Wildman–Crippen MR) is 100 cm³/mol. The molecule has 1 aliphatic rings. The van der Waals surface area contributed by atoms with Gasteiger partial charge in [0.25, 0.3) is 0 Å². The summed E-state index contributed by atoms with van der Waals surface area (Å²) in [7, 11) is 0. The van der Waals surface area contributed by atoms with Gasteiger partial charge in [-0.25, -0.2) is 4.98 Å². The Morgan fingerprint density at radius 1 is 1.21 bits per heavy atom. The zero-order valence-electron chi connectivity index (χ0n) is 14.1. The Balaban J connectivity index is 1.67. The molecule has 2 atom stereocenters. The fourth-order valence-electron chi connectivity index (χ4n) is 3.13. The van der Waals surface area contributed by atoms with Gasteiger partial charge in [-0.1, -0.05) is 31.2 Å². The van der Waals surface area contributed by atoms with Crippen molar-refractivity contribution in [2.45, 2.75) is 32.1 Å². The van der Waals surface area contributed by atoms with Crippen molar-refractivity contribution >= 4 is 27.5 Å². The van der Waals surface area contributed by atoms with Gasteiger partial charge in [0.2, 0.25) is 5.91 Å². The lowest BCUT2D eigenvalue weighted by molar-refractivity contribution is -0.125. The molecule has 1 amide bonds. The molecule has 4 nitrogen and oxygen atoms in total. The highest BCUT2D eigenvalue weighted by atomic mass is 32.1. The van der Waals surface area contributed by atoms with E-state index in [0.29, 0.717) is 6.54 Å². The fourth-order valence-corrected chi connectivity index (χ4v) is 4.28. The van der Waals surface area contributed by atoms with Gasteiger partial charge in [-0.15, -0.1) is 11.3 Å². The average molecular weight is 343 g/mol. The van der Waals surface area contributed by atoms with E-state index in [1.165, 1.54) is 4.70 Å². The van der Waals surface area contributed by atoms with E-state index in [2.05, 4.69) is 35.8 Å². The lowest BCUT2D eigenvalue weighted by atomic mass is 9.82. The van der Waals surface area contributed by atoms with E-state index in [-0.39, 0.29) is 17.7 Å². The average Bonchev–Trinajstić information content (AvgIpc) is 3.05. The van der Waals surface area contributed by atoms with E-state index in [1.807, 2.05) is 18.2 Å². The largest absolute Gasteiger partial charge is 0.355 e. The van der Waals surface area contributed by atoms with E-state index < -0.39 is 0 Å². The second-order valence-corrected chi connectivity index (χ2v) is 7.28. The molecule has 2 unspecified atom stereocenters. The maximum Gasteiger partial charge on any atom is 0.224 e. The second-order valence-electron chi connectivity index (χ2n) is 6.22. The van der Waals surface area contributed by atoms with Crippen LogP contribution < -0.4 is 10.6 Å². The number of para-hydroxylation sites is 1. The number of benzene rings is 1. The molecule has 1 heterocycles. The van der Waals surface area contributed by atoms with Crippen LogP contribution in [-0.2, 0) is 4.79 Å². The number of fused-ring (bicyclic) bond motifs is 1. The van der Waals surface area contributed by atoms with Gasteiger partial charge in [0.05, 0.1) is 21.1 Å². The molecule has 5 heteroatoms. The SMILES string of the molecule is CCCNCCNC(=O)C1CC=CCC1c1nc2ccccc2s1. The maximum atomic E-state index is 12.6. The van der Waals surface area contributed by atoms with Crippen LogP contribution in [0.25, 0.3) is 10.2 Å². The van der Waals surface area contributed by atoms with E-state index >= 15 is 0 Å². The monoisotopic (exact) mass is 343 g/mol. The number of rotatable bonds is 7. The van der Waals surface area contributed by atoms with Crippen LogP contribution in [0.15, 0.2) is 36.4 Å². The molecule has 1 aliphatic carbocycles. The van der Waals surface area contributed by atoms with E-state index in [0.717, 1.165) is 42.9 Å². The van der Waals surface area contributed by atoms with Crippen molar-refractivity contribution in [1.82, 2.24) is 15.6 Å². The molecular weight excluding hydrogens is 318 g/mol. The van der Waals surface area contributed by atoms with Gasteiger partial charge in [0, 0.05) is 19.0 Å². The van der Waals surface area contributed by atoms with Crippen LogP contribution in [0.5, 0.6) is 0 Å². The molecule has 0 radical (unpaired) electrons. The summed E-state index contributed by atoms with van der Waals surface area (Å²) in [5.41, 5.74) is 1.04. The number of allylic oxidation sites excluding steroid dienone is 2. The first-order chi connectivity index (χ1) is 11.8. The number of hydrogen-bond donors (Lipinski definition) is 2. The Morgan fingerprint density at radius 3 is 2.88 bits per heavy atom. The highest BCUT2D eigenvalue weighted by Crippen LogP contribution is 2.38. The van der Waals surface area contributed by atoms with Crippen molar-refractivity contribution < 1.29 is 4.79 Å². The van der Waals surface area contributed by atoms with Gasteiger partial charge in [0.1, 0.15) is 0 Å². The summed E-state index contributed by atoms with van der Waals surface area (Å²) in [5, 5.41) is 7.49. The Hall–Kier alpha value is -1.72.